The van der Waals surface area contributed by atoms with Gasteiger partial charge >= 0.3 is 5.97 Å². The van der Waals surface area contributed by atoms with Gasteiger partial charge in [-0.05, 0) is 32.0 Å². The molecule has 0 aromatic carbocycles. The standard InChI is InChI=1S/C7H14ClNO2/c1-6(2)9(8)5-3-4-7(10)11/h6H,3-5H2,1-2H3,(H,10,11). The van der Waals surface area contributed by atoms with Gasteiger partial charge in [0.05, 0.1) is 0 Å². The lowest BCUT2D eigenvalue weighted by Crippen LogP contribution is -2.22. The third kappa shape index (κ3) is 6.13. The zero-order valence-corrected chi connectivity index (χ0v) is 7.64. The molecule has 0 amide bonds. The van der Waals surface area contributed by atoms with E-state index in [0.29, 0.717) is 13.0 Å². The van der Waals surface area contributed by atoms with E-state index in [2.05, 4.69) is 0 Å². The summed E-state index contributed by atoms with van der Waals surface area (Å²) in [4.78, 5) is 10.1. The van der Waals surface area contributed by atoms with Crippen LogP contribution >= 0.6 is 11.8 Å². The Labute approximate surface area is 72.1 Å². The second kappa shape index (κ2) is 5.38. The summed E-state index contributed by atoms with van der Waals surface area (Å²) in [7, 11) is 0. The Hall–Kier alpha value is -0.280. The monoisotopic (exact) mass is 179 g/mol. The van der Waals surface area contributed by atoms with Crippen molar-refractivity contribution in [2.45, 2.75) is 32.7 Å². The van der Waals surface area contributed by atoms with Gasteiger partial charge in [-0.3, -0.25) is 4.79 Å². The van der Waals surface area contributed by atoms with Crippen LogP contribution in [-0.4, -0.2) is 28.1 Å². The smallest absolute Gasteiger partial charge is 0.303 e. The first-order valence-electron chi connectivity index (χ1n) is 3.68. The van der Waals surface area contributed by atoms with Crippen molar-refractivity contribution in [3.8, 4) is 0 Å². The van der Waals surface area contributed by atoms with Crippen LogP contribution in [0.2, 0.25) is 0 Å². The summed E-state index contributed by atoms with van der Waals surface area (Å²) >= 11 is 5.74. The average Bonchev–Trinajstić information content (AvgIpc) is 1.86. The van der Waals surface area contributed by atoms with Crippen LogP contribution in [-0.2, 0) is 4.79 Å². The molecule has 11 heavy (non-hydrogen) atoms. The van der Waals surface area contributed by atoms with Gasteiger partial charge in [0.1, 0.15) is 0 Å². The van der Waals surface area contributed by atoms with Gasteiger partial charge in [-0.2, -0.15) is 0 Å². The van der Waals surface area contributed by atoms with Crippen LogP contribution in [0.3, 0.4) is 0 Å². The Bertz CT molecular complexity index is 128. The Balaban J connectivity index is 3.31. The number of aliphatic carboxylic acids is 1. The lowest BCUT2D eigenvalue weighted by molar-refractivity contribution is -0.137. The van der Waals surface area contributed by atoms with E-state index < -0.39 is 5.97 Å². The summed E-state index contributed by atoms with van der Waals surface area (Å²) in [5, 5.41) is 8.30. The lowest BCUT2D eigenvalue weighted by Gasteiger charge is -2.16. The first-order valence-corrected chi connectivity index (χ1v) is 4.02. The van der Waals surface area contributed by atoms with E-state index >= 15 is 0 Å². The number of carboxylic acid groups (broad SMARTS) is 1. The largest absolute Gasteiger partial charge is 0.481 e. The van der Waals surface area contributed by atoms with Crippen molar-refractivity contribution in [3.05, 3.63) is 0 Å². The molecule has 0 saturated heterocycles. The van der Waals surface area contributed by atoms with Crippen LogP contribution in [0, 0.1) is 0 Å². The van der Waals surface area contributed by atoms with E-state index in [1.807, 2.05) is 13.8 Å². The Morgan fingerprint density at radius 1 is 1.64 bits per heavy atom. The summed E-state index contributed by atoms with van der Waals surface area (Å²) in [6.07, 6.45) is 0.799. The van der Waals surface area contributed by atoms with Crippen molar-refractivity contribution in [2.75, 3.05) is 6.54 Å². The van der Waals surface area contributed by atoms with E-state index in [0.717, 1.165) is 0 Å². The van der Waals surface area contributed by atoms with Crippen molar-refractivity contribution < 1.29 is 9.90 Å². The minimum absolute atomic E-state index is 0.190. The third-order valence-corrected chi connectivity index (χ3v) is 1.88. The molecule has 0 aromatic heterocycles. The van der Waals surface area contributed by atoms with Gasteiger partial charge in [0.25, 0.3) is 0 Å². The molecule has 0 heterocycles. The van der Waals surface area contributed by atoms with Crippen LogP contribution < -0.4 is 0 Å². The molecule has 0 saturated carbocycles. The molecule has 0 aliphatic carbocycles. The highest BCUT2D eigenvalue weighted by atomic mass is 35.5. The molecule has 4 heteroatoms. The number of carbonyl (C=O) groups is 1. The van der Waals surface area contributed by atoms with E-state index in [4.69, 9.17) is 16.9 Å². The molecule has 66 valence electrons. The maximum absolute atomic E-state index is 10.1. The highest BCUT2D eigenvalue weighted by molar-refractivity contribution is 6.13. The molecule has 3 nitrogen and oxygen atoms in total. The van der Waals surface area contributed by atoms with Crippen molar-refractivity contribution in [1.29, 1.82) is 0 Å². The maximum atomic E-state index is 10.1. The van der Waals surface area contributed by atoms with Gasteiger partial charge in [-0.15, -0.1) is 0 Å². The summed E-state index contributed by atoms with van der Waals surface area (Å²) < 4.78 is 1.61. The minimum atomic E-state index is -0.765. The molecule has 0 aliphatic rings. The van der Waals surface area contributed by atoms with Crippen LogP contribution in [0.15, 0.2) is 0 Å². The van der Waals surface area contributed by atoms with Crippen molar-refractivity contribution in [1.82, 2.24) is 4.42 Å². The topological polar surface area (TPSA) is 40.5 Å². The van der Waals surface area contributed by atoms with E-state index in [-0.39, 0.29) is 12.5 Å². The van der Waals surface area contributed by atoms with Gasteiger partial charge in [0.2, 0.25) is 0 Å². The second-order valence-corrected chi connectivity index (χ2v) is 3.15. The van der Waals surface area contributed by atoms with Gasteiger partial charge in [-0.1, -0.05) is 0 Å². The molecule has 0 aromatic rings. The normalized spacial score (nSPS) is 11.0. The fraction of sp³-hybridized carbons (Fsp3) is 0.857. The van der Waals surface area contributed by atoms with Crippen molar-refractivity contribution in [3.63, 3.8) is 0 Å². The number of hydrogen-bond donors (Lipinski definition) is 1. The lowest BCUT2D eigenvalue weighted by atomic mass is 10.3. The predicted octanol–water partition coefficient (Wildman–Crippen LogP) is 1.72. The summed E-state index contributed by atoms with van der Waals surface area (Å²) in [6, 6.07) is 0.269. The highest BCUT2D eigenvalue weighted by Gasteiger charge is 2.05. The number of rotatable bonds is 5. The van der Waals surface area contributed by atoms with Crippen LogP contribution in [0.4, 0.5) is 0 Å². The van der Waals surface area contributed by atoms with E-state index in [1.165, 1.54) is 0 Å². The SMILES string of the molecule is CC(C)N(Cl)CCCC(=O)O. The number of hydrogen-bond acceptors (Lipinski definition) is 2. The van der Waals surface area contributed by atoms with Crippen molar-refractivity contribution >= 4 is 17.7 Å². The highest BCUT2D eigenvalue weighted by Crippen LogP contribution is 2.04. The first-order chi connectivity index (χ1) is 5.04. The summed E-state index contributed by atoms with van der Waals surface area (Å²) in [6.45, 7) is 4.56. The van der Waals surface area contributed by atoms with Gasteiger partial charge in [-0.25, -0.2) is 4.42 Å². The molecule has 0 aliphatic heterocycles. The van der Waals surface area contributed by atoms with Crippen LogP contribution in [0.5, 0.6) is 0 Å². The zero-order valence-electron chi connectivity index (χ0n) is 6.88. The van der Waals surface area contributed by atoms with Crippen molar-refractivity contribution in [2.24, 2.45) is 0 Å². The quantitative estimate of drug-likeness (QED) is 0.654. The summed E-state index contributed by atoms with van der Waals surface area (Å²) in [5.41, 5.74) is 0. The molecule has 0 radical (unpaired) electrons. The molecular weight excluding hydrogens is 166 g/mol. The van der Waals surface area contributed by atoms with Gasteiger partial charge in [0.15, 0.2) is 0 Å². The predicted molar refractivity (Wildman–Crippen MR) is 44.6 cm³/mol. The molecular formula is C7H14ClNO2. The van der Waals surface area contributed by atoms with Gasteiger partial charge < -0.3 is 5.11 Å². The fourth-order valence-electron chi connectivity index (χ4n) is 0.640. The molecule has 0 atom stereocenters. The molecule has 1 N–H and O–H groups in total. The molecule has 0 spiro atoms. The van der Waals surface area contributed by atoms with Crippen LogP contribution in [0.1, 0.15) is 26.7 Å². The molecule has 0 bridgehead atoms. The molecule has 0 rings (SSSR count). The number of nitrogens with zero attached hydrogens (tertiary/aromatic N) is 1. The fourth-order valence-corrected chi connectivity index (χ4v) is 0.759. The maximum Gasteiger partial charge on any atom is 0.303 e. The zero-order chi connectivity index (χ0) is 8.85. The second-order valence-electron chi connectivity index (χ2n) is 2.71. The van der Waals surface area contributed by atoms with Gasteiger partial charge in [0, 0.05) is 19.0 Å². The first kappa shape index (κ1) is 10.7. The molecule has 0 fully saturated rings. The third-order valence-electron chi connectivity index (χ3n) is 1.32. The Morgan fingerprint density at radius 3 is 2.55 bits per heavy atom. The minimum Gasteiger partial charge on any atom is -0.481 e. The van der Waals surface area contributed by atoms with E-state index in [9.17, 15) is 4.79 Å². The summed E-state index contributed by atoms with van der Waals surface area (Å²) in [5.74, 6) is -0.765. The Morgan fingerprint density at radius 2 is 2.18 bits per heavy atom. The van der Waals surface area contributed by atoms with Crippen LogP contribution in [0.25, 0.3) is 0 Å². The average molecular weight is 180 g/mol. The molecule has 0 unspecified atom stereocenters. The number of carboxylic acids is 1. The Kier molecular flexibility index (Phi) is 5.24. The van der Waals surface area contributed by atoms with E-state index in [1.54, 1.807) is 4.42 Å². The number of halogens is 1.